The van der Waals surface area contributed by atoms with Gasteiger partial charge in [0.2, 0.25) is 5.91 Å². The number of fused-ring (bicyclic) bond motifs is 4. The molecule has 1 spiro atoms. The number of amides is 1. The van der Waals surface area contributed by atoms with Crippen LogP contribution in [0.1, 0.15) is 66.9 Å². The molecule has 3 aliphatic carbocycles. The highest BCUT2D eigenvalue weighted by atomic mass is 16.1. The maximum Gasteiger partial charge on any atom is 0.217 e. The smallest absolute Gasteiger partial charge is 0.217 e. The van der Waals surface area contributed by atoms with Gasteiger partial charge in [0, 0.05) is 17.7 Å². The largest absolute Gasteiger partial charge is 0.350 e. The van der Waals surface area contributed by atoms with Gasteiger partial charge in [0.05, 0.1) is 6.04 Å². The lowest BCUT2D eigenvalue weighted by atomic mass is 9.63. The average Bonchev–Trinajstić information content (AvgIpc) is 3.29. The van der Waals surface area contributed by atoms with Gasteiger partial charge in [0.25, 0.3) is 0 Å². The van der Waals surface area contributed by atoms with Crippen LogP contribution in [0.15, 0.2) is 36.4 Å². The molecule has 1 N–H and O–H groups in total. The molecule has 3 nitrogen and oxygen atoms in total. The van der Waals surface area contributed by atoms with Crippen molar-refractivity contribution in [3.8, 4) is 0 Å². The minimum atomic E-state index is 0. The number of piperidine rings is 1. The molecule has 4 aliphatic rings. The Bertz CT molecular complexity index is 761. The van der Waals surface area contributed by atoms with Gasteiger partial charge >= 0.3 is 0 Å². The van der Waals surface area contributed by atoms with E-state index < -0.39 is 0 Å². The van der Waals surface area contributed by atoms with Gasteiger partial charge in [0.15, 0.2) is 0 Å². The number of benzene rings is 1. The summed E-state index contributed by atoms with van der Waals surface area (Å²) in [5.41, 5.74) is 3.21. The number of likely N-dealkylation sites (tertiary alicyclic amines) is 1. The Labute approximate surface area is 167 Å². The maximum absolute atomic E-state index is 11.6. The molecule has 1 saturated carbocycles. The molecule has 2 fully saturated rings. The number of carbonyl (C=O) groups is 1. The standard InChI is InChI=1S/C24H32N2O.3H2/c1-17(27)25-23-8-9-24(22-5-3-2-4-21(22)23)10-12-26(13-11-24)16-20-15-18-6-7-19(20)14-18;;;/h2-7,18-20,23H,8-16H2,1H3,(H,25,27);3*1H/t18-,19?,20+,23-;;;/m0.../s1. The number of allylic oxidation sites excluding steroid dienone is 2. The first-order chi connectivity index (χ1) is 13.1. The van der Waals surface area contributed by atoms with Crippen LogP contribution in [0.2, 0.25) is 0 Å². The molecule has 1 aromatic rings. The van der Waals surface area contributed by atoms with E-state index in [4.69, 9.17) is 0 Å². The summed E-state index contributed by atoms with van der Waals surface area (Å²) in [7, 11) is 0. The molecule has 4 atom stereocenters. The monoisotopic (exact) mass is 370 g/mol. The zero-order valence-electron chi connectivity index (χ0n) is 16.5. The van der Waals surface area contributed by atoms with Gasteiger partial charge in [-0.25, -0.2) is 0 Å². The van der Waals surface area contributed by atoms with Gasteiger partial charge in [-0.3, -0.25) is 4.79 Å². The lowest BCUT2D eigenvalue weighted by Gasteiger charge is -2.48. The SMILES string of the molecule is CC(=O)N[C@H]1CCC2(CCN(C[C@H]3C[C@H]4C=CC3C4)CC2)c2ccccc21.[HH].[HH].[HH]. The first-order valence-electron chi connectivity index (χ1n) is 10.9. The van der Waals surface area contributed by atoms with E-state index in [-0.39, 0.29) is 16.2 Å². The van der Waals surface area contributed by atoms with Crippen molar-refractivity contribution in [2.24, 2.45) is 17.8 Å². The molecule has 27 heavy (non-hydrogen) atoms. The topological polar surface area (TPSA) is 32.3 Å². The Hall–Kier alpha value is -1.61. The Balaban J connectivity index is 0.00000107. The van der Waals surface area contributed by atoms with Crippen molar-refractivity contribution >= 4 is 5.91 Å². The second-order valence-corrected chi connectivity index (χ2v) is 9.50. The number of hydrogen-bond donors (Lipinski definition) is 1. The zero-order chi connectivity index (χ0) is 18.4. The zero-order valence-corrected chi connectivity index (χ0v) is 16.5. The van der Waals surface area contributed by atoms with Crippen LogP contribution in [0.3, 0.4) is 0 Å². The predicted octanol–water partition coefficient (Wildman–Crippen LogP) is 4.94. The van der Waals surface area contributed by atoms with Crippen LogP contribution >= 0.6 is 0 Å². The number of rotatable bonds is 3. The highest BCUT2D eigenvalue weighted by Gasteiger charge is 2.43. The summed E-state index contributed by atoms with van der Waals surface area (Å²) < 4.78 is 0. The molecule has 1 aliphatic heterocycles. The molecule has 5 rings (SSSR count). The number of hydrogen-bond acceptors (Lipinski definition) is 2. The maximum atomic E-state index is 11.6. The van der Waals surface area contributed by atoms with E-state index in [1.165, 1.54) is 62.9 Å². The van der Waals surface area contributed by atoms with E-state index in [0.29, 0.717) is 5.41 Å². The summed E-state index contributed by atoms with van der Waals surface area (Å²) >= 11 is 0. The third-order valence-corrected chi connectivity index (χ3v) is 7.92. The highest BCUT2D eigenvalue weighted by molar-refractivity contribution is 5.73. The van der Waals surface area contributed by atoms with E-state index in [2.05, 4.69) is 46.6 Å². The summed E-state index contributed by atoms with van der Waals surface area (Å²) in [5.74, 6) is 2.73. The molecule has 0 radical (unpaired) electrons. The van der Waals surface area contributed by atoms with Crippen molar-refractivity contribution in [1.29, 1.82) is 0 Å². The Morgan fingerprint density at radius 3 is 2.70 bits per heavy atom. The summed E-state index contributed by atoms with van der Waals surface area (Å²) in [4.78, 5) is 14.4. The van der Waals surface area contributed by atoms with Gasteiger partial charge in [-0.2, -0.15) is 0 Å². The fraction of sp³-hybridized carbons (Fsp3) is 0.625. The van der Waals surface area contributed by atoms with Crippen LogP contribution in [0, 0.1) is 17.8 Å². The third-order valence-electron chi connectivity index (χ3n) is 7.92. The van der Waals surface area contributed by atoms with Crippen LogP contribution in [0.25, 0.3) is 0 Å². The second-order valence-electron chi connectivity index (χ2n) is 9.50. The van der Waals surface area contributed by atoms with Gasteiger partial charge < -0.3 is 10.2 Å². The van der Waals surface area contributed by atoms with E-state index >= 15 is 0 Å². The molecular formula is C24H38N2O. The van der Waals surface area contributed by atoms with Crippen molar-refractivity contribution in [3.05, 3.63) is 47.5 Å². The summed E-state index contributed by atoms with van der Waals surface area (Å²) in [6, 6.07) is 9.09. The van der Waals surface area contributed by atoms with Crippen LogP contribution < -0.4 is 5.32 Å². The fourth-order valence-corrected chi connectivity index (χ4v) is 6.51. The minimum Gasteiger partial charge on any atom is -0.350 e. The van der Waals surface area contributed by atoms with Crippen LogP contribution in [0.5, 0.6) is 0 Å². The first kappa shape index (κ1) is 17.5. The number of nitrogens with one attached hydrogen (secondary N) is 1. The van der Waals surface area contributed by atoms with Crippen molar-refractivity contribution in [3.63, 3.8) is 0 Å². The van der Waals surface area contributed by atoms with E-state index in [9.17, 15) is 4.79 Å². The first-order valence-corrected chi connectivity index (χ1v) is 10.9. The van der Waals surface area contributed by atoms with Gasteiger partial charge in [-0.05, 0) is 85.9 Å². The predicted molar refractivity (Wildman–Crippen MR) is 115 cm³/mol. The molecule has 1 saturated heterocycles. The normalized spacial score (nSPS) is 34.0. The molecule has 2 bridgehead atoms. The fourth-order valence-electron chi connectivity index (χ4n) is 6.51. The molecule has 3 heteroatoms. The molecule has 1 aromatic carbocycles. The molecule has 1 amide bonds. The van der Waals surface area contributed by atoms with Gasteiger partial charge in [0.1, 0.15) is 0 Å². The Morgan fingerprint density at radius 1 is 1.19 bits per heavy atom. The second kappa shape index (κ2) is 6.77. The lowest BCUT2D eigenvalue weighted by Crippen LogP contribution is -2.47. The molecular weight excluding hydrogens is 332 g/mol. The molecule has 1 heterocycles. The van der Waals surface area contributed by atoms with E-state index in [0.717, 1.165) is 24.2 Å². The number of nitrogens with zero attached hydrogens (tertiary/aromatic N) is 1. The van der Waals surface area contributed by atoms with E-state index in [1.54, 1.807) is 6.92 Å². The van der Waals surface area contributed by atoms with Crippen LogP contribution in [0.4, 0.5) is 0 Å². The summed E-state index contributed by atoms with van der Waals surface area (Å²) in [5, 5.41) is 3.18. The quantitative estimate of drug-likeness (QED) is 0.764. The molecule has 0 aromatic heterocycles. The van der Waals surface area contributed by atoms with Crippen molar-refractivity contribution < 1.29 is 9.07 Å². The summed E-state index contributed by atoms with van der Waals surface area (Å²) in [6.45, 7) is 5.40. The van der Waals surface area contributed by atoms with Crippen molar-refractivity contribution in [2.45, 2.75) is 56.9 Å². The average molecular weight is 371 g/mol. The Morgan fingerprint density at radius 2 is 2.00 bits per heavy atom. The summed E-state index contributed by atoms with van der Waals surface area (Å²) in [6.07, 6.45) is 12.6. The minimum absolute atomic E-state index is 0. The molecule has 150 valence electrons. The third kappa shape index (κ3) is 3.14. The Kier molecular flexibility index (Phi) is 4.39. The van der Waals surface area contributed by atoms with Crippen LogP contribution in [-0.4, -0.2) is 30.4 Å². The van der Waals surface area contributed by atoms with Gasteiger partial charge in [-0.15, -0.1) is 0 Å². The molecule has 1 unspecified atom stereocenters. The van der Waals surface area contributed by atoms with Gasteiger partial charge in [-0.1, -0.05) is 36.4 Å². The van der Waals surface area contributed by atoms with Crippen LogP contribution in [-0.2, 0) is 10.2 Å². The van der Waals surface area contributed by atoms with Crippen molar-refractivity contribution in [1.82, 2.24) is 10.2 Å². The van der Waals surface area contributed by atoms with Crippen molar-refractivity contribution in [2.75, 3.05) is 19.6 Å². The van der Waals surface area contributed by atoms with E-state index in [1.807, 2.05) is 0 Å². The highest BCUT2D eigenvalue weighted by Crippen LogP contribution is 2.49. The lowest BCUT2D eigenvalue weighted by molar-refractivity contribution is -0.119. The number of carbonyl (C=O) groups excluding carboxylic acids is 1.